The van der Waals surface area contributed by atoms with Crippen molar-refractivity contribution in [2.24, 2.45) is 5.92 Å². The summed E-state index contributed by atoms with van der Waals surface area (Å²) in [5.74, 6) is -0.608. The van der Waals surface area contributed by atoms with Crippen LogP contribution in [0.15, 0.2) is 5.16 Å². The molecule has 2 unspecified atom stereocenters. The van der Waals surface area contributed by atoms with Gasteiger partial charge in [-0.15, -0.1) is 5.10 Å². The minimum Gasteiger partial charge on any atom is -0.378 e. The Morgan fingerprint density at radius 3 is 2.95 bits per heavy atom. The third-order valence-electron chi connectivity index (χ3n) is 2.77. The van der Waals surface area contributed by atoms with E-state index in [-0.39, 0.29) is 23.9 Å². The lowest BCUT2D eigenvalue weighted by molar-refractivity contribution is -0.124. The van der Waals surface area contributed by atoms with Crippen LogP contribution in [0, 0.1) is 5.92 Å². The van der Waals surface area contributed by atoms with Gasteiger partial charge in [-0.2, -0.15) is 18.2 Å². The molecule has 1 saturated heterocycles. The molecular weight excluding hydrogens is 297 g/mol. The fourth-order valence-corrected chi connectivity index (χ4v) is 2.34. The highest BCUT2D eigenvalue weighted by Gasteiger charge is 2.32. The summed E-state index contributed by atoms with van der Waals surface area (Å²) in [7, 11) is 0. The number of hydrogen-bond donors (Lipinski definition) is 2. The lowest BCUT2D eigenvalue weighted by Crippen LogP contribution is -2.32. The van der Waals surface area contributed by atoms with Gasteiger partial charge in [0.05, 0.1) is 6.10 Å². The topological polar surface area (TPSA) is 79.9 Å². The number of nitrogens with zero attached hydrogens (tertiary/aromatic N) is 2. The first kappa shape index (κ1) is 15.1. The SMILES string of the molecule is CC1CC(C(=O)Nc2nc(SC(F)(F)F)n[nH]2)CCO1. The van der Waals surface area contributed by atoms with E-state index in [1.54, 1.807) is 0 Å². The molecule has 0 radical (unpaired) electrons. The monoisotopic (exact) mass is 310 g/mol. The molecule has 1 aliphatic heterocycles. The Kier molecular flexibility index (Phi) is 4.53. The summed E-state index contributed by atoms with van der Waals surface area (Å²) >= 11 is -0.440. The van der Waals surface area contributed by atoms with E-state index in [0.29, 0.717) is 19.4 Å². The van der Waals surface area contributed by atoms with Gasteiger partial charge in [-0.05, 0) is 19.8 Å². The second-order valence-corrected chi connectivity index (χ2v) is 5.44. The molecular formula is C10H13F3N4O2S. The molecule has 1 amide bonds. The average molecular weight is 310 g/mol. The van der Waals surface area contributed by atoms with Gasteiger partial charge in [0.25, 0.3) is 0 Å². The van der Waals surface area contributed by atoms with Crippen molar-refractivity contribution in [1.82, 2.24) is 15.2 Å². The van der Waals surface area contributed by atoms with Gasteiger partial charge in [0.1, 0.15) is 0 Å². The first-order chi connectivity index (χ1) is 9.33. The molecule has 0 saturated carbocycles. The Hall–Kier alpha value is -1.29. The Morgan fingerprint density at radius 1 is 1.55 bits per heavy atom. The van der Waals surface area contributed by atoms with Crippen LogP contribution in [0.1, 0.15) is 19.8 Å². The van der Waals surface area contributed by atoms with E-state index in [4.69, 9.17) is 4.74 Å². The van der Waals surface area contributed by atoms with E-state index in [1.807, 2.05) is 6.92 Å². The van der Waals surface area contributed by atoms with Crippen LogP contribution in [-0.4, -0.2) is 39.3 Å². The lowest BCUT2D eigenvalue weighted by atomic mass is 9.95. The summed E-state index contributed by atoms with van der Waals surface area (Å²) in [5, 5.41) is 7.60. The molecule has 0 bridgehead atoms. The molecule has 2 N–H and O–H groups in total. The fourth-order valence-electron chi connectivity index (χ4n) is 1.91. The zero-order chi connectivity index (χ0) is 14.8. The van der Waals surface area contributed by atoms with Crippen LogP contribution in [0.25, 0.3) is 0 Å². The van der Waals surface area contributed by atoms with Crippen LogP contribution >= 0.6 is 11.8 Å². The van der Waals surface area contributed by atoms with E-state index in [9.17, 15) is 18.0 Å². The minimum absolute atomic E-state index is 0.00873. The number of aromatic amines is 1. The van der Waals surface area contributed by atoms with E-state index >= 15 is 0 Å². The average Bonchev–Trinajstić information content (AvgIpc) is 2.74. The largest absolute Gasteiger partial charge is 0.449 e. The number of anilines is 1. The maximum Gasteiger partial charge on any atom is 0.449 e. The number of halogens is 3. The molecule has 2 rings (SSSR count). The molecule has 1 aliphatic rings. The number of nitrogens with one attached hydrogen (secondary N) is 2. The number of H-pyrrole nitrogens is 1. The molecule has 1 fully saturated rings. The van der Waals surface area contributed by atoms with Crippen molar-refractivity contribution in [3.63, 3.8) is 0 Å². The Morgan fingerprint density at radius 2 is 2.30 bits per heavy atom. The van der Waals surface area contributed by atoms with Gasteiger partial charge in [-0.3, -0.25) is 10.1 Å². The van der Waals surface area contributed by atoms with Gasteiger partial charge in [0.2, 0.25) is 17.0 Å². The van der Waals surface area contributed by atoms with E-state index in [1.165, 1.54) is 0 Å². The van der Waals surface area contributed by atoms with Crippen molar-refractivity contribution in [1.29, 1.82) is 0 Å². The molecule has 2 atom stereocenters. The van der Waals surface area contributed by atoms with E-state index in [2.05, 4.69) is 20.5 Å². The predicted molar refractivity (Wildman–Crippen MR) is 65.1 cm³/mol. The fraction of sp³-hybridized carbons (Fsp3) is 0.700. The zero-order valence-corrected chi connectivity index (χ0v) is 11.3. The summed E-state index contributed by atoms with van der Waals surface area (Å²) in [6.45, 7) is 2.36. The molecule has 10 heteroatoms. The highest BCUT2D eigenvalue weighted by Crippen LogP contribution is 2.34. The first-order valence-electron chi connectivity index (χ1n) is 5.94. The number of carbonyl (C=O) groups excluding carboxylic acids is 1. The minimum atomic E-state index is -4.46. The molecule has 1 aromatic rings. The van der Waals surface area contributed by atoms with Gasteiger partial charge in [-0.25, -0.2) is 5.10 Å². The van der Waals surface area contributed by atoms with Crippen molar-refractivity contribution < 1.29 is 22.7 Å². The molecule has 0 spiro atoms. The molecule has 0 aromatic carbocycles. The molecule has 2 heterocycles. The van der Waals surface area contributed by atoms with Crippen LogP contribution in [0.3, 0.4) is 0 Å². The normalized spacial score (nSPS) is 23.6. The van der Waals surface area contributed by atoms with E-state index in [0.717, 1.165) is 0 Å². The zero-order valence-electron chi connectivity index (χ0n) is 10.5. The van der Waals surface area contributed by atoms with Gasteiger partial charge in [-0.1, -0.05) is 0 Å². The van der Waals surface area contributed by atoms with Crippen molar-refractivity contribution in [2.45, 2.75) is 36.5 Å². The van der Waals surface area contributed by atoms with Crippen LogP contribution in [-0.2, 0) is 9.53 Å². The van der Waals surface area contributed by atoms with Gasteiger partial charge in [0, 0.05) is 24.3 Å². The second-order valence-electron chi connectivity index (χ2n) is 4.41. The standard InChI is InChI=1S/C10H13F3N4O2S/c1-5-4-6(2-3-19-5)7(18)14-8-15-9(17-16-8)20-10(11,12)13/h5-6H,2-4H2,1H3,(H2,14,15,16,17,18). The summed E-state index contributed by atoms with van der Waals surface area (Å²) in [6, 6.07) is 0. The van der Waals surface area contributed by atoms with Crippen molar-refractivity contribution in [2.75, 3.05) is 11.9 Å². The number of alkyl halides is 3. The summed E-state index contributed by atoms with van der Waals surface area (Å²) < 4.78 is 41.7. The summed E-state index contributed by atoms with van der Waals surface area (Å²) in [5.41, 5.74) is -4.46. The van der Waals surface area contributed by atoms with Crippen LogP contribution < -0.4 is 5.32 Å². The number of ether oxygens (including phenoxy) is 1. The van der Waals surface area contributed by atoms with Crippen molar-refractivity contribution in [3.05, 3.63) is 0 Å². The van der Waals surface area contributed by atoms with Crippen LogP contribution in [0.5, 0.6) is 0 Å². The molecule has 20 heavy (non-hydrogen) atoms. The van der Waals surface area contributed by atoms with Gasteiger partial charge >= 0.3 is 5.51 Å². The summed E-state index contributed by atoms with van der Waals surface area (Å²) in [4.78, 5) is 15.5. The number of aromatic nitrogens is 3. The Labute approximate surface area is 116 Å². The Balaban J connectivity index is 1.91. The second kappa shape index (κ2) is 6.00. The smallest absolute Gasteiger partial charge is 0.378 e. The molecule has 112 valence electrons. The first-order valence-corrected chi connectivity index (χ1v) is 6.76. The number of amides is 1. The van der Waals surface area contributed by atoms with Crippen LogP contribution in [0.4, 0.5) is 19.1 Å². The number of rotatable bonds is 3. The summed E-state index contributed by atoms with van der Waals surface area (Å²) in [6.07, 6.45) is 1.14. The van der Waals surface area contributed by atoms with Crippen molar-refractivity contribution >= 4 is 23.6 Å². The maximum absolute atomic E-state index is 12.1. The third kappa shape index (κ3) is 4.37. The van der Waals surface area contributed by atoms with Gasteiger partial charge in [0.15, 0.2) is 0 Å². The number of carbonyl (C=O) groups is 1. The van der Waals surface area contributed by atoms with E-state index < -0.39 is 22.4 Å². The lowest BCUT2D eigenvalue weighted by Gasteiger charge is -2.25. The van der Waals surface area contributed by atoms with Gasteiger partial charge < -0.3 is 4.74 Å². The van der Waals surface area contributed by atoms with Crippen LogP contribution in [0.2, 0.25) is 0 Å². The highest BCUT2D eigenvalue weighted by atomic mass is 32.2. The highest BCUT2D eigenvalue weighted by molar-refractivity contribution is 8.00. The number of hydrogen-bond acceptors (Lipinski definition) is 5. The molecule has 0 aliphatic carbocycles. The quantitative estimate of drug-likeness (QED) is 0.836. The maximum atomic E-state index is 12.1. The number of thioether (sulfide) groups is 1. The third-order valence-corrected chi connectivity index (χ3v) is 3.37. The Bertz CT molecular complexity index is 479. The predicted octanol–water partition coefficient (Wildman–Crippen LogP) is 2.17. The molecule has 1 aromatic heterocycles. The molecule has 6 nitrogen and oxygen atoms in total. The van der Waals surface area contributed by atoms with Crippen molar-refractivity contribution in [3.8, 4) is 0 Å².